The maximum atomic E-state index is 2.48. The first-order valence-corrected chi connectivity index (χ1v) is 34.5. The second-order valence-corrected chi connectivity index (χ2v) is 27.6. The number of thiophene rings is 2. The standard InChI is InChI=1S/C90H54N4S2/c1-7-33-78-66(24-1)67-25-2-8-34-79(67)93(78)64-43-47-84-77(54-64)70-28-4-10-36-81(70)92(84)62-22-14-19-56(49-62)55-18-13-21-61(48-55)65-30-16-31-73-72-44-40-60(53-88(72)96-89(65)73)57-20-15-23-63(50-57)91-80-35-9-3-26-68(80)75-51-58(41-45-83(75)91)59-42-46-85-76(52-59)69-27-5-11-37-82(69)94(85)86-38-17-32-74-71-29-6-12-39-87(71)95-90(74)86/h1-54H. The Morgan fingerprint density at radius 3 is 1.14 bits per heavy atom. The van der Waals surface area contributed by atoms with Crippen molar-refractivity contribution in [2.75, 3.05) is 0 Å². The zero-order valence-corrected chi connectivity index (χ0v) is 53.4. The first-order chi connectivity index (χ1) is 47.6. The normalized spacial score (nSPS) is 12.2. The van der Waals surface area contributed by atoms with Crippen LogP contribution < -0.4 is 0 Å². The molecule has 96 heavy (non-hydrogen) atoms. The van der Waals surface area contributed by atoms with Crippen LogP contribution in [-0.4, -0.2) is 18.3 Å². The van der Waals surface area contributed by atoms with Gasteiger partial charge in [-0.05, 0) is 166 Å². The van der Waals surface area contributed by atoms with Crippen molar-refractivity contribution in [2.24, 2.45) is 0 Å². The van der Waals surface area contributed by atoms with E-state index in [1.165, 1.54) is 178 Å². The molecule has 0 spiro atoms. The smallest absolute Gasteiger partial charge is 0.0640 e. The van der Waals surface area contributed by atoms with Crippen molar-refractivity contribution in [3.63, 3.8) is 0 Å². The molecule has 0 aliphatic carbocycles. The Hall–Kier alpha value is -12.1. The predicted octanol–water partition coefficient (Wildman–Crippen LogP) is 25.5. The lowest BCUT2D eigenvalue weighted by Gasteiger charge is -2.12. The highest BCUT2D eigenvalue weighted by atomic mass is 32.1. The molecule has 0 amide bonds. The zero-order valence-electron chi connectivity index (χ0n) is 51.8. The highest BCUT2D eigenvalue weighted by Gasteiger charge is 2.22. The van der Waals surface area contributed by atoms with Crippen LogP contribution in [0.2, 0.25) is 0 Å². The number of aromatic nitrogens is 4. The van der Waals surface area contributed by atoms with Crippen molar-refractivity contribution in [3.8, 4) is 67.3 Å². The monoisotopic (exact) mass is 1250 g/mol. The van der Waals surface area contributed by atoms with Crippen LogP contribution in [0.25, 0.3) is 195 Å². The van der Waals surface area contributed by atoms with Crippen molar-refractivity contribution in [1.29, 1.82) is 0 Å². The molecule has 0 N–H and O–H groups in total. The van der Waals surface area contributed by atoms with Gasteiger partial charge in [-0.3, -0.25) is 0 Å². The van der Waals surface area contributed by atoms with Gasteiger partial charge in [0, 0.05) is 95.8 Å². The zero-order chi connectivity index (χ0) is 62.7. The third-order valence-corrected chi connectivity index (χ3v) is 22.8. The summed E-state index contributed by atoms with van der Waals surface area (Å²) in [7, 11) is 0. The fourth-order valence-corrected chi connectivity index (χ4v) is 18.5. The minimum absolute atomic E-state index is 1.13. The molecule has 0 aliphatic rings. The van der Waals surface area contributed by atoms with E-state index in [1.54, 1.807) is 0 Å². The van der Waals surface area contributed by atoms with E-state index in [4.69, 9.17) is 0 Å². The van der Waals surface area contributed by atoms with Gasteiger partial charge in [0.05, 0.1) is 54.5 Å². The topological polar surface area (TPSA) is 19.7 Å². The van der Waals surface area contributed by atoms with E-state index in [9.17, 15) is 0 Å². The lowest BCUT2D eigenvalue weighted by Crippen LogP contribution is -1.96. The Labute approximate surface area is 559 Å². The lowest BCUT2D eigenvalue weighted by molar-refractivity contribution is 1.17. The van der Waals surface area contributed by atoms with Gasteiger partial charge in [-0.2, -0.15) is 0 Å². The molecule has 0 aliphatic heterocycles. The summed E-state index contributed by atoms with van der Waals surface area (Å²) in [5.41, 5.74) is 23.8. The van der Waals surface area contributed by atoms with E-state index in [0.717, 1.165) is 17.1 Å². The number of rotatable bonds is 8. The second-order valence-electron chi connectivity index (χ2n) is 25.5. The minimum Gasteiger partial charge on any atom is -0.309 e. The van der Waals surface area contributed by atoms with E-state index < -0.39 is 0 Å². The molecular weight excluding hydrogens is 1200 g/mol. The fourth-order valence-electron chi connectivity index (χ4n) is 16.1. The number of hydrogen-bond acceptors (Lipinski definition) is 2. The molecule has 21 rings (SSSR count). The number of fused-ring (bicyclic) bond motifs is 18. The van der Waals surface area contributed by atoms with Gasteiger partial charge in [0.1, 0.15) is 0 Å². The van der Waals surface area contributed by atoms with E-state index in [-0.39, 0.29) is 0 Å². The highest BCUT2D eigenvalue weighted by Crippen LogP contribution is 2.46. The molecule has 0 atom stereocenters. The van der Waals surface area contributed by atoms with Crippen LogP contribution in [0.4, 0.5) is 0 Å². The SMILES string of the molecule is c1cc(-c2cccc(-n3c4ccccc4c4cc(-n5c6ccccc6c6ccccc65)ccc43)c2)cc(-c2cccc3c2sc2cc(-c4cccc(-n5c6ccccc6c6cc(-c7ccc8c(c7)c7ccccc7n8-c7cccc8c7sc7ccccc78)ccc65)c4)ccc23)c1. The van der Waals surface area contributed by atoms with E-state index in [2.05, 4.69) is 346 Å². The summed E-state index contributed by atoms with van der Waals surface area (Å²) in [6.45, 7) is 0. The molecule has 6 heterocycles. The van der Waals surface area contributed by atoms with Gasteiger partial charge in [0.2, 0.25) is 0 Å². The van der Waals surface area contributed by atoms with Gasteiger partial charge in [-0.15, -0.1) is 22.7 Å². The van der Waals surface area contributed by atoms with E-state index >= 15 is 0 Å². The minimum atomic E-state index is 1.13. The fraction of sp³-hybridized carbons (Fsp3) is 0. The third kappa shape index (κ3) is 7.94. The molecule has 0 radical (unpaired) electrons. The van der Waals surface area contributed by atoms with Gasteiger partial charge in [-0.25, -0.2) is 0 Å². The van der Waals surface area contributed by atoms with Crippen molar-refractivity contribution < 1.29 is 0 Å². The van der Waals surface area contributed by atoms with Crippen molar-refractivity contribution in [3.05, 3.63) is 328 Å². The Morgan fingerprint density at radius 1 is 0.177 bits per heavy atom. The molecule has 15 aromatic carbocycles. The predicted molar refractivity (Wildman–Crippen MR) is 411 cm³/mol. The molecule has 6 aromatic heterocycles. The van der Waals surface area contributed by atoms with Gasteiger partial charge < -0.3 is 18.3 Å². The van der Waals surface area contributed by atoms with Crippen LogP contribution in [0, 0.1) is 0 Å². The van der Waals surface area contributed by atoms with Crippen LogP contribution in [-0.2, 0) is 0 Å². The van der Waals surface area contributed by atoms with Crippen molar-refractivity contribution >= 4 is 150 Å². The Balaban J connectivity index is 0.607. The molecule has 0 saturated carbocycles. The Bertz CT molecular complexity index is 6800. The van der Waals surface area contributed by atoms with Crippen LogP contribution in [0.1, 0.15) is 0 Å². The molecular formula is C90H54N4S2. The van der Waals surface area contributed by atoms with Crippen molar-refractivity contribution in [1.82, 2.24) is 18.3 Å². The summed E-state index contributed by atoms with van der Waals surface area (Å²) in [6, 6.07) is 122. The van der Waals surface area contributed by atoms with Gasteiger partial charge in [-0.1, -0.05) is 206 Å². The number of nitrogens with zero attached hydrogens (tertiary/aromatic N) is 4. The molecule has 4 nitrogen and oxygen atoms in total. The molecule has 6 heteroatoms. The third-order valence-electron chi connectivity index (χ3n) is 20.3. The molecule has 0 bridgehead atoms. The average Bonchev–Trinajstić information content (AvgIpc) is 1.58. The van der Waals surface area contributed by atoms with Crippen LogP contribution in [0.3, 0.4) is 0 Å². The summed E-state index contributed by atoms with van der Waals surface area (Å²) < 4.78 is 15.0. The molecule has 0 fully saturated rings. The van der Waals surface area contributed by atoms with Gasteiger partial charge in [0.15, 0.2) is 0 Å². The quantitative estimate of drug-likeness (QED) is 0.144. The average molecular weight is 1260 g/mol. The van der Waals surface area contributed by atoms with E-state index in [1.807, 2.05) is 22.7 Å². The summed E-state index contributed by atoms with van der Waals surface area (Å²) >= 11 is 3.78. The molecule has 0 saturated heterocycles. The Morgan fingerprint density at radius 2 is 0.542 bits per heavy atom. The maximum absolute atomic E-state index is 2.48. The number of para-hydroxylation sites is 5. The van der Waals surface area contributed by atoms with Crippen LogP contribution in [0.15, 0.2) is 328 Å². The van der Waals surface area contributed by atoms with Crippen molar-refractivity contribution in [2.45, 2.75) is 0 Å². The summed E-state index contributed by atoms with van der Waals surface area (Å²) in [5, 5.41) is 15.2. The van der Waals surface area contributed by atoms with Crippen LogP contribution in [0.5, 0.6) is 0 Å². The van der Waals surface area contributed by atoms with Gasteiger partial charge in [0.25, 0.3) is 0 Å². The maximum Gasteiger partial charge on any atom is 0.0640 e. The second kappa shape index (κ2) is 20.7. The van der Waals surface area contributed by atoms with Gasteiger partial charge >= 0.3 is 0 Å². The molecule has 21 aromatic rings. The summed E-state index contributed by atoms with van der Waals surface area (Å²) in [5.74, 6) is 0. The summed E-state index contributed by atoms with van der Waals surface area (Å²) in [4.78, 5) is 0. The highest BCUT2D eigenvalue weighted by molar-refractivity contribution is 7.26. The Kier molecular flexibility index (Phi) is 11.5. The molecule has 0 unspecified atom stereocenters. The van der Waals surface area contributed by atoms with E-state index in [0.29, 0.717) is 0 Å². The molecule has 446 valence electrons. The number of hydrogen-bond donors (Lipinski definition) is 0. The first kappa shape index (κ1) is 53.4. The number of benzene rings is 15. The first-order valence-electron chi connectivity index (χ1n) is 32.9. The largest absolute Gasteiger partial charge is 0.309 e. The lowest BCUT2D eigenvalue weighted by atomic mass is 9.97. The summed E-state index contributed by atoms with van der Waals surface area (Å²) in [6.07, 6.45) is 0. The van der Waals surface area contributed by atoms with Crippen LogP contribution >= 0.6 is 22.7 Å².